The number of thioether (sulfide) groups is 1. The molecule has 0 unspecified atom stereocenters. The quantitative estimate of drug-likeness (QED) is 0.384. The number of imidazole rings is 1. The highest BCUT2D eigenvalue weighted by Crippen LogP contribution is 2.28. The smallest absolute Gasteiger partial charge is 0.311 e. The summed E-state index contributed by atoms with van der Waals surface area (Å²) in [7, 11) is 0. The van der Waals surface area contributed by atoms with Crippen LogP contribution in [0.5, 0.6) is 0 Å². The zero-order chi connectivity index (χ0) is 20.3. The molecule has 1 amide bonds. The average Bonchev–Trinajstić information content (AvgIpc) is 3.15. The Bertz CT molecular complexity index is 1190. The number of carbonyl (C=O) groups is 1. The lowest BCUT2D eigenvalue weighted by Gasteiger charge is -2.29. The Balaban J connectivity index is 1.39. The van der Waals surface area contributed by atoms with Gasteiger partial charge in [-0.2, -0.15) is 0 Å². The van der Waals surface area contributed by atoms with E-state index in [1.54, 1.807) is 11.8 Å². The molecule has 5 rings (SSSR count). The normalized spacial score (nSPS) is 13.4. The monoisotopic (exact) mass is 414 g/mol. The topological polar surface area (TPSA) is 40.0 Å². The van der Waals surface area contributed by atoms with Gasteiger partial charge >= 0.3 is 5.16 Å². The first-order valence-electron chi connectivity index (χ1n) is 10.3. The van der Waals surface area contributed by atoms with Crippen molar-refractivity contribution in [2.75, 3.05) is 17.2 Å². The number of aryl methyl sites for hydroxylation is 1. The van der Waals surface area contributed by atoms with E-state index in [4.69, 9.17) is 0 Å². The van der Waals surface area contributed by atoms with Gasteiger partial charge in [0, 0.05) is 12.2 Å². The van der Waals surface area contributed by atoms with Crippen molar-refractivity contribution in [3.05, 3.63) is 90.0 Å². The summed E-state index contributed by atoms with van der Waals surface area (Å²) < 4.78 is 2.27. The summed E-state index contributed by atoms with van der Waals surface area (Å²) in [6, 6.07) is 27.0. The lowest BCUT2D eigenvalue weighted by molar-refractivity contribution is -0.700. The van der Waals surface area contributed by atoms with Gasteiger partial charge in [-0.1, -0.05) is 60.7 Å². The minimum absolute atomic E-state index is 0.164. The van der Waals surface area contributed by atoms with Gasteiger partial charge in [0.2, 0.25) is 5.91 Å². The molecule has 1 aliphatic rings. The summed E-state index contributed by atoms with van der Waals surface area (Å²) in [4.78, 5) is 18.6. The number of carbonyl (C=O) groups excluding carboxylic acids is 1. The standard InChI is InChI=1S/C25H23N3OS/c29-24(27-16-8-12-20-11-4-6-14-22(20)27)18-30-25-26-21-13-5-7-15-23(21)28(25)17-19-9-2-1-3-10-19/h1-7,9-11,13-15H,8,12,16-18H2/p+1. The van der Waals surface area contributed by atoms with Crippen LogP contribution in [0.4, 0.5) is 5.69 Å². The number of anilines is 1. The minimum atomic E-state index is 0.164. The van der Waals surface area contributed by atoms with Crippen LogP contribution in [-0.4, -0.2) is 23.2 Å². The van der Waals surface area contributed by atoms with E-state index in [2.05, 4.69) is 70.2 Å². The number of amides is 1. The second kappa shape index (κ2) is 8.36. The Labute approximate surface area is 180 Å². The van der Waals surface area contributed by atoms with Crippen molar-refractivity contribution in [2.24, 2.45) is 0 Å². The van der Waals surface area contributed by atoms with Crippen LogP contribution in [-0.2, 0) is 17.8 Å². The molecule has 0 aliphatic carbocycles. The van der Waals surface area contributed by atoms with Crippen LogP contribution >= 0.6 is 11.8 Å². The lowest BCUT2D eigenvalue weighted by atomic mass is 10.0. The van der Waals surface area contributed by atoms with Crippen LogP contribution in [0.15, 0.2) is 84.0 Å². The van der Waals surface area contributed by atoms with Gasteiger partial charge in [-0.3, -0.25) is 4.79 Å². The van der Waals surface area contributed by atoms with E-state index in [1.165, 1.54) is 11.1 Å². The van der Waals surface area contributed by atoms with E-state index in [9.17, 15) is 4.79 Å². The molecule has 2 heterocycles. The molecule has 0 radical (unpaired) electrons. The van der Waals surface area contributed by atoms with Crippen LogP contribution in [0.25, 0.3) is 11.0 Å². The summed E-state index contributed by atoms with van der Waals surface area (Å²) in [6.07, 6.45) is 2.07. The molecule has 0 atom stereocenters. The number of nitrogens with zero attached hydrogens (tertiary/aromatic N) is 2. The highest BCUT2D eigenvalue weighted by atomic mass is 32.2. The maximum Gasteiger partial charge on any atom is 0.317 e. The van der Waals surface area contributed by atoms with Crippen molar-refractivity contribution in [2.45, 2.75) is 24.5 Å². The number of H-pyrrole nitrogens is 1. The molecular formula is C25H24N3OS+. The molecule has 0 spiro atoms. The van der Waals surface area contributed by atoms with Crippen LogP contribution in [0, 0.1) is 0 Å². The zero-order valence-corrected chi connectivity index (χ0v) is 17.6. The number of rotatable bonds is 5. The van der Waals surface area contributed by atoms with Crippen LogP contribution < -0.4 is 9.47 Å². The maximum atomic E-state index is 13.1. The second-order valence-corrected chi connectivity index (χ2v) is 8.55. The first-order chi connectivity index (χ1) is 14.8. The van der Waals surface area contributed by atoms with E-state index in [-0.39, 0.29) is 5.91 Å². The van der Waals surface area contributed by atoms with Crippen molar-refractivity contribution in [1.82, 2.24) is 4.98 Å². The zero-order valence-electron chi connectivity index (χ0n) is 16.8. The van der Waals surface area contributed by atoms with Crippen molar-refractivity contribution >= 4 is 34.4 Å². The SMILES string of the molecule is O=C(CSc1[nH]c2ccccc2[n+]1Cc1ccccc1)N1CCCc2ccccc21. The Hall–Kier alpha value is -3.05. The van der Waals surface area contributed by atoms with Gasteiger partial charge in [0.1, 0.15) is 6.54 Å². The van der Waals surface area contributed by atoms with Gasteiger partial charge in [0.05, 0.1) is 5.75 Å². The van der Waals surface area contributed by atoms with Crippen molar-refractivity contribution in [3.63, 3.8) is 0 Å². The van der Waals surface area contributed by atoms with Gasteiger partial charge < -0.3 is 4.90 Å². The van der Waals surface area contributed by atoms with Crippen molar-refractivity contribution < 1.29 is 9.36 Å². The summed E-state index contributed by atoms with van der Waals surface area (Å²) in [5.74, 6) is 0.577. The van der Waals surface area contributed by atoms with E-state index in [0.29, 0.717) is 5.75 Å². The first-order valence-corrected chi connectivity index (χ1v) is 11.3. The lowest BCUT2D eigenvalue weighted by Crippen LogP contribution is -2.38. The summed E-state index contributed by atoms with van der Waals surface area (Å²) in [5, 5.41) is 1.01. The van der Waals surface area contributed by atoms with Crippen LogP contribution in [0.2, 0.25) is 0 Å². The fraction of sp³-hybridized carbons (Fsp3) is 0.200. The molecule has 30 heavy (non-hydrogen) atoms. The third-order valence-electron chi connectivity index (χ3n) is 5.61. The predicted molar refractivity (Wildman–Crippen MR) is 122 cm³/mol. The average molecular weight is 415 g/mol. The van der Waals surface area contributed by atoms with Gasteiger partial charge in [-0.25, -0.2) is 9.55 Å². The third-order valence-corrected chi connectivity index (χ3v) is 6.60. The summed E-state index contributed by atoms with van der Waals surface area (Å²) in [5.41, 5.74) is 5.83. The molecule has 150 valence electrons. The molecule has 5 heteroatoms. The molecule has 3 aromatic carbocycles. The highest BCUT2D eigenvalue weighted by molar-refractivity contribution is 7.99. The molecule has 0 bridgehead atoms. The third kappa shape index (κ3) is 3.73. The van der Waals surface area contributed by atoms with E-state index >= 15 is 0 Å². The molecule has 4 nitrogen and oxygen atoms in total. The number of para-hydroxylation sites is 3. The van der Waals surface area contributed by atoms with E-state index in [1.807, 2.05) is 23.1 Å². The molecule has 0 saturated carbocycles. The van der Waals surface area contributed by atoms with Crippen molar-refractivity contribution in [3.8, 4) is 0 Å². The first kappa shape index (κ1) is 18.9. The van der Waals surface area contributed by atoms with Gasteiger partial charge in [0.25, 0.3) is 0 Å². The minimum Gasteiger partial charge on any atom is -0.311 e. The fourth-order valence-corrected chi connectivity index (χ4v) is 5.06. The van der Waals surface area contributed by atoms with Crippen LogP contribution in [0.3, 0.4) is 0 Å². The summed E-state index contributed by atoms with van der Waals surface area (Å²) in [6.45, 7) is 1.57. The largest absolute Gasteiger partial charge is 0.317 e. The molecular weight excluding hydrogens is 390 g/mol. The Morgan fingerprint density at radius 1 is 0.967 bits per heavy atom. The fourth-order valence-electron chi connectivity index (χ4n) is 4.14. The molecule has 1 aromatic heterocycles. The van der Waals surface area contributed by atoms with Gasteiger partial charge in [0.15, 0.2) is 11.0 Å². The van der Waals surface area contributed by atoms with Gasteiger partial charge in [-0.05, 0) is 53.9 Å². The van der Waals surface area contributed by atoms with E-state index in [0.717, 1.165) is 47.8 Å². The number of hydrogen-bond acceptors (Lipinski definition) is 2. The molecule has 1 N–H and O–H groups in total. The Morgan fingerprint density at radius 2 is 1.73 bits per heavy atom. The van der Waals surface area contributed by atoms with Gasteiger partial charge in [-0.15, -0.1) is 0 Å². The second-order valence-electron chi connectivity index (χ2n) is 7.59. The highest BCUT2D eigenvalue weighted by Gasteiger charge is 2.25. The maximum absolute atomic E-state index is 13.1. The molecule has 1 aliphatic heterocycles. The number of aromatic amines is 1. The number of nitrogens with one attached hydrogen (secondary N) is 1. The number of aromatic nitrogens is 2. The Kier molecular flexibility index (Phi) is 5.28. The van der Waals surface area contributed by atoms with Crippen LogP contribution in [0.1, 0.15) is 17.5 Å². The van der Waals surface area contributed by atoms with E-state index < -0.39 is 0 Å². The molecule has 4 aromatic rings. The molecule has 0 saturated heterocycles. The summed E-state index contributed by atoms with van der Waals surface area (Å²) >= 11 is 1.58. The van der Waals surface area contributed by atoms with Crippen molar-refractivity contribution in [1.29, 1.82) is 0 Å². The Morgan fingerprint density at radius 3 is 2.63 bits per heavy atom. The number of fused-ring (bicyclic) bond motifs is 2. The number of benzene rings is 3. The predicted octanol–water partition coefficient (Wildman–Crippen LogP) is 4.58. The molecule has 0 fully saturated rings. The number of hydrogen-bond donors (Lipinski definition) is 1.